The Labute approximate surface area is 163 Å². The molecular formula is C17H19Cl2N3O3S. The summed E-state index contributed by atoms with van der Waals surface area (Å²) in [7, 11) is -1.66. The molecule has 1 aliphatic heterocycles. The molecule has 0 atom stereocenters. The van der Waals surface area contributed by atoms with Crippen LogP contribution in [0.15, 0.2) is 41.4 Å². The third kappa shape index (κ3) is 4.29. The van der Waals surface area contributed by atoms with Crippen LogP contribution in [0.25, 0.3) is 0 Å². The molecule has 0 saturated carbocycles. The third-order valence-electron chi connectivity index (χ3n) is 4.12. The topological polar surface area (TPSA) is 62.7 Å². The number of morpholine rings is 1. The molecule has 6 nitrogen and oxygen atoms in total. The van der Waals surface area contributed by atoms with Gasteiger partial charge in [-0.05, 0) is 29.8 Å². The molecule has 0 amide bonds. The predicted octanol–water partition coefficient (Wildman–Crippen LogP) is 3.05. The van der Waals surface area contributed by atoms with Crippen LogP contribution in [0.2, 0.25) is 10.0 Å². The quantitative estimate of drug-likeness (QED) is 0.750. The number of nitrogens with zero attached hydrogens (tertiary/aromatic N) is 3. The maximum absolute atomic E-state index is 12.6. The third-order valence-corrected chi connectivity index (χ3v) is 6.74. The molecule has 0 bridgehead atoms. The second kappa shape index (κ2) is 8.10. The highest BCUT2D eigenvalue weighted by Crippen LogP contribution is 2.24. The van der Waals surface area contributed by atoms with E-state index in [0.29, 0.717) is 48.7 Å². The van der Waals surface area contributed by atoms with Crippen LogP contribution in [0.5, 0.6) is 0 Å². The van der Waals surface area contributed by atoms with Gasteiger partial charge in [-0.25, -0.2) is 13.4 Å². The summed E-state index contributed by atoms with van der Waals surface area (Å²) in [6, 6.07) is 8.72. The van der Waals surface area contributed by atoms with Gasteiger partial charge in [0.05, 0.1) is 23.3 Å². The van der Waals surface area contributed by atoms with Gasteiger partial charge in [0.2, 0.25) is 10.0 Å². The number of sulfonamides is 1. The van der Waals surface area contributed by atoms with E-state index < -0.39 is 10.0 Å². The molecule has 1 fully saturated rings. The fourth-order valence-electron chi connectivity index (χ4n) is 2.68. The van der Waals surface area contributed by atoms with Gasteiger partial charge in [0.1, 0.15) is 10.7 Å². The summed E-state index contributed by atoms with van der Waals surface area (Å²) in [6.07, 6.45) is 1.39. The minimum Gasteiger partial charge on any atom is -0.379 e. The summed E-state index contributed by atoms with van der Waals surface area (Å²) in [5, 5.41) is 1.01. The number of benzene rings is 1. The lowest BCUT2D eigenvalue weighted by Crippen LogP contribution is -2.40. The van der Waals surface area contributed by atoms with E-state index in [4.69, 9.17) is 27.9 Å². The van der Waals surface area contributed by atoms with E-state index in [1.807, 2.05) is 18.0 Å². The zero-order valence-electron chi connectivity index (χ0n) is 14.2. The molecule has 0 unspecified atom stereocenters. The van der Waals surface area contributed by atoms with Gasteiger partial charge in [-0.3, -0.25) is 0 Å². The number of halogens is 2. The first-order valence-corrected chi connectivity index (χ1v) is 10.3. The highest BCUT2D eigenvalue weighted by molar-refractivity contribution is 7.89. The van der Waals surface area contributed by atoms with Gasteiger partial charge in [0, 0.05) is 32.9 Å². The van der Waals surface area contributed by atoms with E-state index in [1.165, 1.54) is 10.5 Å². The number of aromatic nitrogens is 1. The Morgan fingerprint density at radius 2 is 1.88 bits per heavy atom. The molecule has 1 aliphatic rings. The molecule has 0 radical (unpaired) electrons. The van der Waals surface area contributed by atoms with E-state index in [-0.39, 0.29) is 4.90 Å². The van der Waals surface area contributed by atoms with Crippen LogP contribution in [-0.4, -0.2) is 51.1 Å². The van der Waals surface area contributed by atoms with Crippen molar-refractivity contribution in [1.82, 2.24) is 9.29 Å². The maximum Gasteiger partial charge on any atom is 0.244 e. The average molecular weight is 416 g/mol. The highest BCUT2D eigenvalue weighted by Gasteiger charge is 2.26. The van der Waals surface area contributed by atoms with Crippen molar-refractivity contribution in [3.05, 3.63) is 52.1 Å². The Hall–Kier alpha value is -1.38. The Bertz CT molecular complexity index is 869. The summed E-state index contributed by atoms with van der Waals surface area (Å²) in [5.41, 5.74) is 0.980. The molecule has 26 heavy (non-hydrogen) atoms. The Morgan fingerprint density at radius 1 is 1.15 bits per heavy atom. The van der Waals surface area contributed by atoms with Crippen molar-refractivity contribution < 1.29 is 13.2 Å². The van der Waals surface area contributed by atoms with Crippen molar-refractivity contribution in [1.29, 1.82) is 0 Å². The zero-order chi connectivity index (χ0) is 18.7. The summed E-state index contributed by atoms with van der Waals surface area (Å²) >= 11 is 12.0. The summed E-state index contributed by atoms with van der Waals surface area (Å²) in [5.74, 6) is 0.664. The van der Waals surface area contributed by atoms with E-state index >= 15 is 0 Å². The van der Waals surface area contributed by atoms with Crippen molar-refractivity contribution in [2.75, 3.05) is 38.3 Å². The highest BCUT2D eigenvalue weighted by atomic mass is 35.5. The number of anilines is 1. The number of hydrogen-bond acceptors (Lipinski definition) is 5. The number of rotatable bonds is 5. The Morgan fingerprint density at radius 3 is 2.50 bits per heavy atom. The number of ether oxygens (including phenoxy) is 1. The van der Waals surface area contributed by atoms with Crippen LogP contribution in [0.1, 0.15) is 5.56 Å². The predicted molar refractivity (Wildman–Crippen MR) is 102 cm³/mol. The van der Waals surface area contributed by atoms with Gasteiger partial charge in [-0.15, -0.1) is 0 Å². The van der Waals surface area contributed by atoms with E-state index in [9.17, 15) is 8.42 Å². The van der Waals surface area contributed by atoms with Gasteiger partial charge < -0.3 is 9.64 Å². The summed E-state index contributed by atoms with van der Waals surface area (Å²) in [6.45, 7) is 2.12. The van der Waals surface area contributed by atoms with Gasteiger partial charge in [-0.2, -0.15) is 4.31 Å². The largest absolute Gasteiger partial charge is 0.379 e. The first-order chi connectivity index (χ1) is 12.4. The monoisotopic (exact) mass is 415 g/mol. The molecule has 1 aromatic heterocycles. The van der Waals surface area contributed by atoms with Crippen molar-refractivity contribution in [2.45, 2.75) is 11.4 Å². The number of hydrogen-bond donors (Lipinski definition) is 0. The zero-order valence-corrected chi connectivity index (χ0v) is 16.6. The lowest BCUT2D eigenvalue weighted by atomic mass is 10.2. The molecule has 1 aromatic carbocycles. The molecule has 140 valence electrons. The fourth-order valence-corrected chi connectivity index (χ4v) is 4.35. The molecule has 1 saturated heterocycles. The standard InChI is InChI=1S/C17H19Cl2N3O3S/c1-21(12-13-2-4-15(18)16(19)10-13)17-5-3-14(11-20-17)26(23,24)22-6-8-25-9-7-22/h2-5,10-11H,6-9,12H2,1H3. The minimum absolute atomic E-state index is 0.186. The van der Waals surface area contributed by atoms with Gasteiger partial charge >= 0.3 is 0 Å². The maximum atomic E-state index is 12.6. The van der Waals surface area contributed by atoms with Gasteiger partial charge in [0.25, 0.3) is 0 Å². The molecule has 2 aromatic rings. The van der Waals surface area contributed by atoms with Crippen molar-refractivity contribution in [3.8, 4) is 0 Å². The van der Waals surface area contributed by atoms with E-state index in [0.717, 1.165) is 5.56 Å². The van der Waals surface area contributed by atoms with E-state index in [1.54, 1.807) is 24.3 Å². The first kappa shape index (κ1) is 19.4. The second-order valence-electron chi connectivity index (χ2n) is 5.97. The van der Waals surface area contributed by atoms with Crippen molar-refractivity contribution in [2.24, 2.45) is 0 Å². The van der Waals surface area contributed by atoms with Crippen LogP contribution in [-0.2, 0) is 21.3 Å². The SMILES string of the molecule is CN(Cc1ccc(Cl)c(Cl)c1)c1ccc(S(=O)(=O)N2CCOCC2)cn1. The van der Waals surface area contributed by atoms with Crippen LogP contribution in [0.4, 0.5) is 5.82 Å². The Balaban J connectivity index is 1.73. The van der Waals surface area contributed by atoms with Crippen LogP contribution in [0.3, 0.4) is 0 Å². The smallest absolute Gasteiger partial charge is 0.244 e. The molecule has 0 aliphatic carbocycles. The van der Waals surface area contributed by atoms with Gasteiger partial charge in [-0.1, -0.05) is 29.3 Å². The van der Waals surface area contributed by atoms with Crippen LogP contribution in [0, 0.1) is 0 Å². The second-order valence-corrected chi connectivity index (χ2v) is 8.73. The summed E-state index contributed by atoms with van der Waals surface area (Å²) in [4.78, 5) is 6.40. The van der Waals surface area contributed by atoms with Crippen molar-refractivity contribution in [3.63, 3.8) is 0 Å². The normalized spacial score (nSPS) is 15.8. The molecule has 0 N–H and O–H groups in total. The molecule has 3 rings (SSSR count). The molecule has 0 spiro atoms. The van der Waals surface area contributed by atoms with Crippen LogP contribution >= 0.6 is 23.2 Å². The molecular weight excluding hydrogens is 397 g/mol. The fraction of sp³-hybridized carbons (Fsp3) is 0.353. The lowest BCUT2D eigenvalue weighted by Gasteiger charge is -2.26. The minimum atomic E-state index is -3.53. The van der Waals surface area contributed by atoms with Gasteiger partial charge in [0.15, 0.2) is 0 Å². The van der Waals surface area contributed by atoms with E-state index in [2.05, 4.69) is 4.98 Å². The Kier molecular flexibility index (Phi) is 6.04. The summed E-state index contributed by atoms with van der Waals surface area (Å²) < 4.78 is 31.9. The van der Waals surface area contributed by atoms with Crippen LogP contribution < -0.4 is 4.90 Å². The van der Waals surface area contributed by atoms with Crippen molar-refractivity contribution >= 4 is 39.0 Å². The average Bonchev–Trinajstić information content (AvgIpc) is 2.65. The number of pyridine rings is 1. The molecule has 9 heteroatoms. The first-order valence-electron chi connectivity index (χ1n) is 8.07. The molecule has 2 heterocycles. The lowest BCUT2D eigenvalue weighted by molar-refractivity contribution is 0.0730.